The van der Waals surface area contributed by atoms with Crippen LogP contribution in [0.15, 0.2) is 0 Å². The van der Waals surface area contributed by atoms with Crippen LogP contribution in [-0.4, -0.2) is 53.9 Å². The van der Waals surface area contributed by atoms with Crippen LogP contribution in [0.25, 0.3) is 0 Å². The van der Waals surface area contributed by atoms with Crippen LogP contribution in [0.4, 0.5) is 11.9 Å². The molecular formula is C13H23N5O2. The van der Waals surface area contributed by atoms with Gasteiger partial charge in [0.2, 0.25) is 11.9 Å². The van der Waals surface area contributed by atoms with E-state index in [-0.39, 0.29) is 12.1 Å². The molecule has 1 aliphatic heterocycles. The predicted octanol–water partition coefficient (Wildman–Crippen LogP) is 1.32. The highest BCUT2D eigenvalue weighted by atomic mass is 16.5. The summed E-state index contributed by atoms with van der Waals surface area (Å²) in [5, 5.41) is 2.95. The summed E-state index contributed by atoms with van der Waals surface area (Å²) in [4.78, 5) is 15.2. The lowest BCUT2D eigenvalue weighted by Gasteiger charge is -2.38. The van der Waals surface area contributed by atoms with Crippen LogP contribution < -0.4 is 15.0 Å². The van der Waals surface area contributed by atoms with Gasteiger partial charge in [-0.25, -0.2) is 0 Å². The van der Waals surface area contributed by atoms with Crippen molar-refractivity contribution in [2.24, 2.45) is 0 Å². The molecule has 1 fully saturated rings. The molecule has 7 heteroatoms. The summed E-state index contributed by atoms with van der Waals surface area (Å²) in [6.07, 6.45) is 1.15. The molecule has 2 heterocycles. The van der Waals surface area contributed by atoms with Gasteiger partial charge in [0.05, 0.1) is 25.4 Å². The molecule has 1 aromatic heterocycles. The average Bonchev–Trinajstić information content (AvgIpc) is 2.47. The Kier molecular flexibility index (Phi) is 4.94. The van der Waals surface area contributed by atoms with Gasteiger partial charge in [-0.3, -0.25) is 0 Å². The van der Waals surface area contributed by atoms with Crippen molar-refractivity contribution in [1.29, 1.82) is 0 Å². The van der Waals surface area contributed by atoms with E-state index in [4.69, 9.17) is 9.47 Å². The van der Waals surface area contributed by atoms with E-state index in [0.29, 0.717) is 31.1 Å². The van der Waals surface area contributed by atoms with Gasteiger partial charge in [-0.15, -0.1) is 0 Å². The highest BCUT2D eigenvalue weighted by Crippen LogP contribution is 2.22. The van der Waals surface area contributed by atoms with Gasteiger partial charge < -0.3 is 19.7 Å². The minimum atomic E-state index is 0.170. The van der Waals surface area contributed by atoms with Crippen LogP contribution in [0.2, 0.25) is 0 Å². The van der Waals surface area contributed by atoms with Crippen LogP contribution in [0.5, 0.6) is 6.01 Å². The van der Waals surface area contributed by atoms with Crippen molar-refractivity contribution in [2.45, 2.75) is 39.3 Å². The van der Waals surface area contributed by atoms with Crippen molar-refractivity contribution in [3.05, 3.63) is 0 Å². The molecule has 0 aliphatic carbocycles. The highest BCUT2D eigenvalue weighted by molar-refractivity contribution is 5.39. The first-order valence-corrected chi connectivity index (χ1v) is 7.12. The van der Waals surface area contributed by atoms with Gasteiger partial charge in [0.25, 0.3) is 0 Å². The fourth-order valence-electron chi connectivity index (χ4n) is 2.21. The summed E-state index contributed by atoms with van der Waals surface area (Å²) in [5.74, 6) is 1.17. The highest BCUT2D eigenvalue weighted by Gasteiger charge is 2.28. The number of hydrogen-bond donors (Lipinski definition) is 1. The Morgan fingerprint density at radius 3 is 2.80 bits per heavy atom. The van der Waals surface area contributed by atoms with Crippen molar-refractivity contribution in [3.63, 3.8) is 0 Å². The van der Waals surface area contributed by atoms with Crippen LogP contribution in [0.3, 0.4) is 0 Å². The number of ether oxygens (including phenoxy) is 2. The molecule has 2 rings (SSSR count). The van der Waals surface area contributed by atoms with E-state index >= 15 is 0 Å². The van der Waals surface area contributed by atoms with Gasteiger partial charge in [-0.2, -0.15) is 15.0 Å². The smallest absolute Gasteiger partial charge is 0.323 e. The first-order valence-electron chi connectivity index (χ1n) is 7.12. The van der Waals surface area contributed by atoms with Crippen molar-refractivity contribution < 1.29 is 9.47 Å². The monoisotopic (exact) mass is 281 g/mol. The SMILES string of the molecule is CCOc1nc(NC)nc(N2CC(C)OCC2CC)n1. The molecule has 7 nitrogen and oxygen atoms in total. The molecule has 1 aromatic rings. The number of nitrogens with zero attached hydrogens (tertiary/aromatic N) is 4. The summed E-state index contributed by atoms with van der Waals surface area (Å²) < 4.78 is 11.1. The third-order valence-corrected chi connectivity index (χ3v) is 3.30. The van der Waals surface area contributed by atoms with Crippen LogP contribution >= 0.6 is 0 Å². The Morgan fingerprint density at radius 2 is 2.15 bits per heavy atom. The molecule has 1 saturated heterocycles. The molecule has 0 radical (unpaired) electrons. The van der Waals surface area contributed by atoms with Gasteiger partial charge >= 0.3 is 6.01 Å². The first-order chi connectivity index (χ1) is 9.67. The molecule has 2 unspecified atom stereocenters. The molecule has 1 N–H and O–H groups in total. The summed E-state index contributed by atoms with van der Waals surface area (Å²) in [7, 11) is 1.79. The van der Waals surface area contributed by atoms with E-state index in [0.717, 1.165) is 13.0 Å². The van der Waals surface area contributed by atoms with Crippen LogP contribution in [0, 0.1) is 0 Å². The minimum Gasteiger partial charge on any atom is -0.464 e. The van der Waals surface area contributed by atoms with Crippen molar-refractivity contribution in [1.82, 2.24) is 15.0 Å². The summed E-state index contributed by atoms with van der Waals surface area (Å²) in [6, 6.07) is 0.642. The molecule has 0 bridgehead atoms. The normalized spacial score (nSPS) is 22.7. The summed E-state index contributed by atoms with van der Waals surface area (Å²) in [6.45, 7) is 8.11. The zero-order valence-electron chi connectivity index (χ0n) is 12.6. The second-order valence-electron chi connectivity index (χ2n) is 4.78. The van der Waals surface area contributed by atoms with Gasteiger partial charge in [0, 0.05) is 13.6 Å². The Hall–Kier alpha value is -1.63. The zero-order chi connectivity index (χ0) is 14.5. The standard InChI is InChI=1S/C13H23N5O2/c1-5-10-8-20-9(3)7-18(10)12-15-11(14-4)16-13(17-12)19-6-2/h9-10H,5-8H2,1-4H3,(H,14,15,16,17). The third kappa shape index (κ3) is 3.27. The number of anilines is 2. The van der Waals surface area contributed by atoms with E-state index in [1.54, 1.807) is 7.05 Å². The molecule has 1 aliphatic rings. The maximum atomic E-state index is 5.71. The molecule has 112 valence electrons. The van der Waals surface area contributed by atoms with Crippen LogP contribution in [0.1, 0.15) is 27.2 Å². The zero-order valence-corrected chi connectivity index (χ0v) is 12.6. The average molecular weight is 281 g/mol. The Morgan fingerprint density at radius 1 is 1.35 bits per heavy atom. The van der Waals surface area contributed by atoms with Crippen molar-refractivity contribution in [2.75, 3.05) is 37.0 Å². The van der Waals surface area contributed by atoms with Gasteiger partial charge in [0.1, 0.15) is 0 Å². The number of hydrogen-bond acceptors (Lipinski definition) is 7. The molecule has 0 aromatic carbocycles. The Labute approximate surface area is 119 Å². The molecule has 0 amide bonds. The maximum Gasteiger partial charge on any atom is 0.323 e. The molecule has 0 spiro atoms. The van der Waals surface area contributed by atoms with Crippen molar-refractivity contribution in [3.8, 4) is 6.01 Å². The topological polar surface area (TPSA) is 72.4 Å². The lowest BCUT2D eigenvalue weighted by molar-refractivity contribution is 0.0292. The number of aromatic nitrogens is 3. The maximum absolute atomic E-state index is 5.71. The first kappa shape index (κ1) is 14.8. The molecular weight excluding hydrogens is 258 g/mol. The largest absolute Gasteiger partial charge is 0.464 e. The van der Waals surface area contributed by atoms with Gasteiger partial charge in [0.15, 0.2) is 0 Å². The van der Waals surface area contributed by atoms with E-state index in [1.807, 2.05) is 6.92 Å². The third-order valence-electron chi connectivity index (χ3n) is 3.30. The number of morpholine rings is 1. The van der Waals surface area contributed by atoms with Gasteiger partial charge in [-0.1, -0.05) is 6.92 Å². The van der Waals surface area contributed by atoms with Crippen LogP contribution in [-0.2, 0) is 4.74 Å². The predicted molar refractivity (Wildman–Crippen MR) is 77.4 cm³/mol. The van der Waals surface area contributed by atoms with E-state index < -0.39 is 0 Å². The van der Waals surface area contributed by atoms with E-state index in [1.165, 1.54) is 0 Å². The summed E-state index contributed by atoms with van der Waals surface area (Å²) in [5.41, 5.74) is 0. The quantitative estimate of drug-likeness (QED) is 0.872. The van der Waals surface area contributed by atoms with Gasteiger partial charge in [-0.05, 0) is 20.3 Å². The van der Waals surface area contributed by atoms with E-state index in [2.05, 4.69) is 39.0 Å². The second kappa shape index (κ2) is 6.69. The van der Waals surface area contributed by atoms with E-state index in [9.17, 15) is 0 Å². The molecule has 0 saturated carbocycles. The second-order valence-corrected chi connectivity index (χ2v) is 4.78. The Bertz CT molecular complexity index is 443. The number of nitrogens with one attached hydrogen (secondary N) is 1. The fourth-order valence-corrected chi connectivity index (χ4v) is 2.21. The summed E-state index contributed by atoms with van der Waals surface area (Å²) >= 11 is 0. The lowest BCUT2D eigenvalue weighted by atomic mass is 10.1. The molecule has 20 heavy (non-hydrogen) atoms. The lowest BCUT2D eigenvalue weighted by Crippen LogP contribution is -2.49. The molecule has 2 atom stereocenters. The van der Waals surface area contributed by atoms with Crippen molar-refractivity contribution >= 4 is 11.9 Å². The Balaban J connectivity index is 2.30. The number of rotatable bonds is 5. The minimum absolute atomic E-state index is 0.170. The fraction of sp³-hybridized carbons (Fsp3) is 0.769.